The topological polar surface area (TPSA) is 0 Å². The van der Waals surface area contributed by atoms with E-state index in [1.807, 2.05) is 0 Å². The van der Waals surface area contributed by atoms with Gasteiger partial charge in [0, 0.05) is 0 Å². The van der Waals surface area contributed by atoms with Crippen LogP contribution in [0.15, 0.2) is 0 Å². The number of rotatable bonds is 2. The molecule has 1 unspecified atom stereocenters. The van der Waals surface area contributed by atoms with E-state index in [4.69, 9.17) is 0 Å². The van der Waals surface area contributed by atoms with Gasteiger partial charge in [-0.05, 0) is 0 Å². The minimum Gasteiger partial charge on any atom is -0.209 e. The normalized spacial score (nSPS) is 16.5. The summed E-state index contributed by atoms with van der Waals surface area (Å²) in [6.45, 7) is 0. The fourth-order valence-corrected chi connectivity index (χ4v) is 0.978. The lowest BCUT2D eigenvalue weighted by atomic mass is 10.0. The summed E-state index contributed by atoms with van der Waals surface area (Å²) in [5.41, 5.74) is 0. The Morgan fingerprint density at radius 2 is 1.07 bits per heavy atom. The van der Waals surface area contributed by atoms with Crippen molar-refractivity contribution in [3.8, 4) is 0 Å². The third kappa shape index (κ3) is 3.47. The van der Waals surface area contributed by atoms with E-state index in [0.29, 0.717) is 0 Å². The minimum atomic E-state index is -5.83. The highest BCUT2D eigenvalue weighted by molar-refractivity contribution is 6.21. The maximum Gasteiger partial charge on any atom is 0.402 e. The Morgan fingerprint density at radius 1 is 0.786 bits per heavy atom. The Morgan fingerprint density at radius 3 is 1.14 bits per heavy atom. The lowest BCUT2D eigenvalue weighted by Crippen LogP contribution is -2.45. The molecule has 0 spiro atoms. The molecule has 0 aromatic rings. The van der Waals surface area contributed by atoms with Gasteiger partial charge in [0.25, 0.3) is 6.43 Å². The molecule has 0 aliphatic carbocycles. The first-order chi connectivity index (χ1) is 5.98. The van der Waals surface area contributed by atoms with Crippen molar-refractivity contribution in [1.29, 1.82) is 0 Å². The van der Waals surface area contributed by atoms with Gasteiger partial charge in [-0.15, -0.1) is 11.6 Å². The van der Waals surface area contributed by atoms with Crippen LogP contribution in [-0.2, 0) is 0 Å². The molecule has 0 bridgehead atoms. The summed E-state index contributed by atoms with van der Waals surface area (Å²) in [7, 11) is 0. The zero-order valence-corrected chi connectivity index (χ0v) is 6.89. The van der Waals surface area contributed by atoms with Gasteiger partial charge >= 0.3 is 12.4 Å². The van der Waals surface area contributed by atoms with Gasteiger partial charge in [-0.2, -0.15) is 26.3 Å². The van der Waals surface area contributed by atoms with Crippen molar-refractivity contribution in [2.45, 2.75) is 24.2 Å². The summed E-state index contributed by atoms with van der Waals surface area (Å²) in [4.78, 5) is 0. The highest BCUT2D eigenvalue weighted by Gasteiger charge is 2.61. The molecule has 0 aromatic heterocycles. The summed E-state index contributed by atoms with van der Waals surface area (Å²) in [5.74, 6) is -4.21. The molecule has 1 atom stereocenters. The third-order valence-electron chi connectivity index (χ3n) is 1.26. The van der Waals surface area contributed by atoms with Gasteiger partial charge in [0.2, 0.25) is 0 Å². The van der Waals surface area contributed by atoms with Crippen molar-refractivity contribution in [3.63, 3.8) is 0 Å². The van der Waals surface area contributed by atoms with E-state index in [0.717, 1.165) is 0 Å². The Kier molecular flexibility index (Phi) is 4.00. The van der Waals surface area contributed by atoms with Crippen LogP contribution in [-0.4, -0.2) is 24.2 Å². The fraction of sp³-hybridized carbons (Fsp3) is 1.00. The average Bonchev–Trinajstić information content (AvgIpc) is 1.79. The predicted molar refractivity (Wildman–Crippen MR) is 31.2 cm³/mol. The molecule has 0 saturated carbocycles. The SMILES string of the molecule is FC(F)C(Cl)C(C(F)(F)F)C(F)(F)F. The zero-order chi connectivity index (χ0) is 11.7. The summed E-state index contributed by atoms with van der Waals surface area (Å²) < 4.78 is 93.3. The standard InChI is InChI=1S/C5H3ClF8/c6-1(3(7)8)2(4(9,10)11)5(12,13)14/h1-3H. The van der Waals surface area contributed by atoms with Crippen LogP contribution < -0.4 is 0 Å². The summed E-state index contributed by atoms with van der Waals surface area (Å²) in [6.07, 6.45) is -15.6. The molecule has 0 fully saturated rings. The molecule has 0 aliphatic rings. The Bertz CT molecular complexity index is 167. The van der Waals surface area contributed by atoms with Gasteiger partial charge in [-0.25, -0.2) is 8.78 Å². The van der Waals surface area contributed by atoms with E-state index < -0.39 is 30.1 Å². The van der Waals surface area contributed by atoms with Gasteiger partial charge < -0.3 is 0 Å². The molecule has 0 nitrogen and oxygen atoms in total. The Balaban J connectivity index is 4.94. The van der Waals surface area contributed by atoms with E-state index in [9.17, 15) is 35.1 Å². The second-order valence-corrected chi connectivity index (χ2v) is 2.84. The Hall–Kier alpha value is -0.270. The predicted octanol–water partition coefficient (Wildman–Crippen LogP) is 3.60. The quantitative estimate of drug-likeness (QED) is 0.519. The van der Waals surface area contributed by atoms with E-state index in [-0.39, 0.29) is 0 Å². The second kappa shape index (κ2) is 4.08. The van der Waals surface area contributed by atoms with Crippen LogP contribution in [0.2, 0.25) is 0 Å². The number of hydrogen-bond acceptors (Lipinski definition) is 0. The van der Waals surface area contributed by atoms with Crippen molar-refractivity contribution in [1.82, 2.24) is 0 Å². The zero-order valence-electron chi connectivity index (χ0n) is 6.13. The number of alkyl halides is 9. The second-order valence-electron chi connectivity index (χ2n) is 2.34. The summed E-state index contributed by atoms with van der Waals surface area (Å²) >= 11 is 4.36. The molecule has 0 saturated heterocycles. The molecule has 0 amide bonds. The molecule has 0 N–H and O–H groups in total. The highest BCUT2D eigenvalue weighted by atomic mass is 35.5. The third-order valence-corrected chi connectivity index (χ3v) is 1.71. The molecule has 0 aliphatic heterocycles. The van der Waals surface area contributed by atoms with Crippen LogP contribution in [0.5, 0.6) is 0 Å². The molecule has 0 aromatic carbocycles. The van der Waals surface area contributed by atoms with Gasteiger partial charge in [-0.3, -0.25) is 0 Å². The van der Waals surface area contributed by atoms with Gasteiger partial charge in [0.05, 0.1) is 0 Å². The average molecular weight is 251 g/mol. The van der Waals surface area contributed by atoms with Crippen molar-refractivity contribution in [2.75, 3.05) is 0 Å². The number of halogens is 9. The molecule has 9 heteroatoms. The first-order valence-electron chi connectivity index (χ1n) is 3.03. The lowest BCUT2D eigenvalue weighted by molar-refractivity contribution is -0.289. The van der Waals surface area contributed by atoms with E-state index in [1.54, 1.807) is 0 Å². The van der Waals surface area contributed by atoms with Crippen molar-refractivity contribution in [3.05, 3.63) is 0 Å². The molecule has 0 rings (SSSR count). The summed E-state index contributed by atoms with van der Waals surface area (Å²) in [5, 5.41) is -3.32. The van der Waals surface area contributed by atoms with Crippen LogP contribution in [0.3, 0.4) is 0 Å². The molecule has 0 heterocycles. The minimum absolute atomic E-state index is 3.32. The van der Waals surface area contributed by atoms with Crippen LogP contribution >= 0.6 is 11.6 Å². The van der Waals surface area contributed by atoms with Crippen LogP contribution in [0.1, 0.15) is 0 Å². The van der Waals surface area contributed by atoms with E-state index in [2.05, 4.69) is 11.6 Å². The van der Waals surface area contributed by atoms with Crippen LogP contribution in [0.4, 0.5) is 35.1 Å². The van der Waals surface area contributed by atoms with E-state index in [1.165, 1.54) is 0 Å². The summed E-state index contributed by atoms with van der Waals surface area (Å²) in [6, 6.07) is 0. The van der Waals surface area contributed by atoms with Gasteiger partial charge in [0.15, 0.2) is 5.92 Å². The molecular formula is C5H3ClF8. The highest BCUT2D eigenvalue weighted by Crippen LogP contribution is 2.44. The molecule has 14 heavy (non-hydrogen) atoms. The maximum absolute atomic E-state index is 11.7. The molecule has 86 valence electrons. The number of hydrogen-bond donors (Lipinski definition) is 0. The largest absolute Gasteiger partial charge is 0.402 e. The van der Waals surface area contributed by atoms with Gasteiger partial charge in [-0.1, -0.05) is 0 Å². The van der Waals surface area contributed by atoms with Gasteiger partial charge in [0.1, 0.15) is 5.38 Å². The first-order valence-corrected chi connectivity index (χ1v) is 3.47. The first kappa shape index (κ1) is 13.7. The molecule has 0 radical (unpaired) electrons. The lowest BCUT2D eigenvalue weighted by Gasteiger charge is -2.26. The van der Waals surface area contributed by atoms with Crippen molar-refractivity contribution in [2.24, 2.45) is 5.92 Å². The Labute approximate surface area is 77.8 Å². The molecular weight excluding hydrogens is 247 g/mol. The van der Waals surface area contributed by atoms with E-state index >= 15 is 0 Å². The van der Waals surface area contributed by atoms with Crippen LogP contribution in [0, 0.1) is 5.92 Å². The maximum atomic E-state index is 11.7. The smallest absolute Gasteiger partial charge is 0.209 e. The van der Waals surface area contributed by atoms with Crippen LogP contribution in [0.25, 0.3) is 0 Å². The monoisotopic (exact) mass is 250 g/mol. The fourth-order valence-electron chi connectivity index (χ4n) is 0.692. The van der Waals surface area contributed by atoms with Crippen molar-refractivity contribution < 1.29 is 35.1 Å². The van der Waals surface area contributed by atoms with Crippen molar-refractivity contribution >= 4 is 11.6 Å².